The van der Waals surface area contributed by atoms with Gasteiger partial charge in [0.1, 0.15) is 0 Å². The topological polar surface area (TPSA) is 21.3 Å². The molecule has 1 heterocycles. The highest BCUT2D eigenvalue weighted by molar-refractivity contribution is 6.18. The Morgan fingerprint density at radius 1 is 1.43 bits per heavy atom. The third-order valence-corrected chi connectivity index (χ3v) is 4.00. The third-order valence-electron chi connectivity index (χ3n) is 3.43. The second-order valence-electron chi connectivity index (χ2n) is 4.91. The molecule has 2 aliphatic rings. The van der Waals surface area contributed by atoms with Crippen molar-refractivity contribution in [2.75, 3.05) is 19.0 Å². The number of ether oxygens (including phenoxy) is 1. The van der Waals surface area contributed by atoms with E-state index in [0.717, 1.165) is 19.0 Å². The van der Waals surface area contributed by atoms with Crippen molar-refractivity contribution in [3.05, 3.63) is 0 Å². The van der Waals surface area contributed by atoms with Gasteiger partial charge in [-0.15, -0.1) is 11.6 Å². The van der Waals surface area contributed by atoms with Crippen LogP contribution in [0.25, 0.3) is 0 Å². The summed E-state index contributed by atoms with van der Waals surface area (Å²) in [7, 11) is 0. The second-order valence-corrected chi connectivity index (χ2v) is 5.18. The van der Waals surface area contributed by atoms with Gasteiger partial charge in [0.2, 0.25) is 0 Å². The van der Waals surface area contributed by atoms with Crippen molar-refractivity contribution < 1.29 is 4.74 Å². The minimum atomic E-state index is 0.436. The Morgan fingerprint density at radius 2 is 2.21 bits per heavy atom. The summed E-state index contributed by atoms with van der Waals surface area (Å²) in [5.74, 6) is 0.807. The maximum atomic E-state index is 5.90. The van der Waals surface area contributed by atoms with E-state index < -0.39 is 0 Å². The monoisotopic (exact) mass is 217 g/mol. The molecule has 2 fully saturated rings. The lowest BCUT2D eigenvalue weighted by Crippen LogP contribution is -2.32. The normalized spacial score (nSPS) is 34.7. The Balaban J connectivity index is 1.59. The van der Waals surface area contributed by atoms with Crippen LogP contribution < -0.4 is 5.32 Å². The van der Waals surface area contributed by atoms with E-state index in [1.54, 1.807) is 0 Å². The van der Waals surface area contributed by atoms with Gasteiger partial charge in [-0.1, -0.05) is 0 Å². The summed E-state index contributed by atoms with van der Waals surface area (Å²) in [5.41, 5.74) is 0.436. The van der Waals surface area contributed by atoms with E-state index in [1.807, 2.05) is 0 Å². The van der Waals surface area contributed by atoms with Gasteiger partial charge >= 0.3 is 0 Å². The van der Waals surface area contributed by atoms with Gasteiger partial charge in [-0.05, 0) is 38.0 Å². The number of nitrogens with one attached hydrogen (secondary N) is 1. The molecule has 1 aliphatic heterocycles. The van der Waals surface area contributed by atoms with Gasteiger partial charge in [-0.3, -0.25) is 0 Å². The number of halogens is 1. The van der Waals surface area contributed by atoms with Gasteiger partial charge in [0, 0.05) is 19.0 Å². The molecule has 82 valence electrons. The molecule has 0 amide bonds. The lowest BCUT2D eigenvalue weighted by Gasteiger charge is -2.15. The van der Waals surface area contributed by atoms with E-state index in [1.165, 1.54) is 25.7 Å². The van der Waals surface area contributed by atoms with Crippen molar-refractivity contribution in [2.24, 2.45) is 5.41 Å². The van der Waals surface area contributed by atoms with Crippen LogP contribution in [-0.4, -0.2) is 31.2 Å². The standard InChI is InChI=1S/C11H20ClNO/c1-9-2-3-10(14-9)6-13-8-11(7-12)4-5-11/h9-10,13H,2-8H2,1H3. The van der Waals surface area contributed by atoms with Crippen LogP contribution in [0.3, 0.4) is 0 Å². The zero-order chi connectivity index (χ0) is 10.0. The second kappa shape index (κ2) is 4.38. The maximum Gasteiger partial charge on any atom is 0.0704 e. The van der Waals surface area contributed by atoms with Crippen LogP contribution in [-0.2, 0) is 4.74 Å². The van der Waals surface area contributed by atoms with Gasteiger partial charge < -0.3 is 10.1 Å². The molecule has 3 heteroatoms. The molecule has 0 radical (unpaired) electrons. The zero-order valence-electron chi connectivity index (χ0n) is 8.89. The van der Waals surface area contributed by atoms with E-state index >= 15 is 0 Å². The first kappa shape index (κ1) is 10.7. The fourth-order valence-electron chi connectivity index (χ4n) is 2.07. The molecule has 2 rings (SSSR count). The maximum absolute atomic E-state index is 5.90. The van der Waals surface area contributed by atoms with Crippen LogP contribution in [0.5, 0.6) is 0 Å². The molecule has 0 aromatic rings. The first-order valence-electron chi connectivity index (χ1n) is 5.66. The Kier molecular flexibility index (Phi) is 3.35. The molecule has 2 atom stereocenters. The first-order chi connectivity index (χ1) is 6.74. The summed E-state index contributed by atoms with van der Waals surface area (Å²) in [6, 6.07) is 0. The smallest absolute Gasteiger partial charge is 0.0704 e. The molecule has 14 heavy (non-hydrogen) atoms. The van der Waals surface area contributed by atoms with E-state index in [9.17, 15) is 0 Å². The molecule has 2 nitrogen and oxygen atoms in total. The third kappa shape index (κ3) is 2.62. The minimum Gasteiger partial charge on any atom is -0.374 e. The molecule has 1 saturated heterocycles. The highest BCUT2D eigenvalue weighted by Gasteiger charge is 2.41. The van der Waals surface area contributed by atoms with Crippen LogP contribution in [0, 0.1) is 5.41 Å². The van der Waals surface area contributed by atoms with Gasteiger partial charge in [0.05, 0.1) is 12.2 Å². The van der Waals surface area contributed by atoms with E-state index in [4.69, 9.17) is 16.3 Å². The molecule has 2 unspecified atom stereocenters. The Labute approximate surface area is 91.3 Å². The summed E-state index contributed by atoms with van der Waals surface area (Å²) in [4.78, 5) is 0. The predicted molar refractivity (Wildman–Crippen MR) is 58.8 cm³/mol. The predicted octanol–water partition coefficient (Wildman–Crippen LogP) is 2.16. The first-order valence-corrected chi connectivity index (χ1v) is 6.20. The van der Waals surface area contributed by atoms with Crippen molar-refractivity contribution in [3.63, 3.8) is 0 Å². The molecule has 0 aromatic heterocycles. The number of rotatable bonds is 5. The molecule has 0 aromatic carbocycles. The molecule has 1 aliphatic carbocycles. The van der Waals surface area contributed by atoms with Crippen molar-refractivity contribution in [1.29, 1.82) is 0 Å². The van der Waals surface area contributed by atoms with Crippen molar-refractivity contribution in [2.45, 2.75) is 44.8 Å². The van der Waals surface area contributed by atoms with Gasteiger partial charge in [-0.25, -0.2) is 0 Å². The molecule has 1 N–H and O–H groups in total. The summed E-state index contributed by atoms with van der Waals surface area (Å²) in [5, 5.41) is 3.49. The molecular weight excluding hydrogens is 198 g/mol. The summed E-state index contributed by atoms with van der Waals surface area (Å²) < 4.78 is 5.73. The highest BCUT2D eigenvalue weighted by Crippen LogP contribution is 2.45. The summed E-state index contributed by atoms with van der Waals surface area (Å²) in [6.07, 6.45) is 5.92. The fraction of sp³-hybridized carbons (Fsp3) is 1.00. The SMILES string of the molecule is CC1CCC(CNCC2(CCl)CC2)O1. The molecule has 1 saturated carbocycles. The van der Waals surface area contributed by atoms with Crippen LogP contribution in [0.15, 0.2) is 0 Å². The van der Waals surface area contributed by atoms with Crippen LogP contribution in [0.4, 0.5) is 0 Å². The van der Waals surface area contributed by atoms with Crippen LogP contribution >= 0.6 is 11.6 Å². The number of hydrogen-bond acceptors (Lipinski definition) is 2. The van der Waals surface area contributed by atoms with E-state index in [0.29, 0.717) is 17.6 Å². The average molecular weight is 218 g/mol. The lowest BCUT2D eigenvalue weighted by molar-refractivity contribution is 0.0555. The average Bonchev–Trinajstić information content (AvgIpc) is 2.84. The highest BCUT2D eigenvalue weighted by atomic mass is 35.5. The van der Waals surface area contributed by atoms with Gasteiger partial charge in [0.25, 0.3) is 0 Å². The Bertz CT molecular complexity index is 194. The van der Waals surface area contributed by atoms with Crippen LogP contribution in [0.2, 0.25) is 0 Å². The van der Waals surface area contributed by atoms with Crippen molar-refractivity contribution in [3.8, 4) is 0 Å². The molecule has 0 spiro atoms. The van der Waals surface area contributed by atoms with Gasteiger partial charge in [-0.2, -0.15) is 0 Å². The Hall–Kier alpha value is 0.210. The quantitative estimate of drug-likeness (QED) is 0.713. The van der Waals surface area contributed by atoms with E-state index in [2.05, 4.69) is 12.2 Å². The lowest BCUT2D eigenvalue weighted by atomic mass is 10.1. The van der Waals surface area contributed by atoms with Crippen LogP contribution in [0.1, 0.15) is 32.6 Å². The number of hydrogen-bond donors (Lipinski definition) is 1. The largest absolute Gasteiger partial charge is 0.374 e. The zero-order valence-corrected chi connectivity index (χ0v) is 9.65. The minimum absolute atomic E-state index is 0.436. The molecular formula is C11H20ClNO. The fourth-order valence-corrected chi connectivity index (χ4v) is 2.43. The van der Waals surface area contributed by atoms with E-state index in [-0.39, 0.29) is 0 Å². The van der Waals surface area contributed by atoms with Crippen molar-refractivity contribution in [1.82, 2.24) is 5.32 Å². The van der Waals surface area contributed by atoms with Gasteiger partial charge in [0.15, 0.2) is 0 Å². The Morgan fingerprint density at radius 3 is 2.71 bits per heavy atom. The van der Waals surface area contributed by atoms with Crippen molar-refractivity contribution >= 4 is 11.6 Å². The number of alkyl halides is 1. The summed E-state index contributed by atoms with van der Waals surface area (Å²) in [6.45, 7) is 4.23. The molecule has 0 bridgehead atoms. The summed E-state index contributed by atoms with van der Waals surface area (Å²) >= 11 is 5.90.